The van der Waals surface area contributed by atoms with Gasteiger partial charge in [-0.05, 0) is 26.2 Å². The Morgan fingerprint density at radius 2 is 2.07 bits per heavy atom. The SMILES string of the molecule is CC(=O)[C@@H](N)C[C@H](CCC[18F])C(=O)O. The number of halogens is 1. The van der Waals surface area contributed by atoms with Gasteiger partial charge in [-0.1, -0.05) is 0 Å². The van der Waals surface area contributed by atoms with Crippen molar-refractivity contribution >= 4 is 11.8 Å². The van der Waals surface area contributed by atoms with Crippen LogP contribution < -0.4 is 5.73 Å². The van der Waals surface area contributed by atoms with Crippen LogP contribution in [0.3, 0.4) is 0 Å². The van der Waals surface area contributed by atoms with Crippen LogP contribution in [0.2, 0.25) is 0 Å². The van der Waals surface area contributed by atoms with E-state index >= 15 is 0 Å². The van der Waals surface area contributed by atoms with Gasteiger partial charge in [0.25, 0.3) is 0 Å². The van der Waals surface area contributed by atoms with Crippen molar-refractivity contribution in [1.82, 2.24) is 0 Å². The fraction of sp³-hybridized carbons (Fsp3) is 0.778. The van der Waals surface area contributed by atoms with Crippen molar-refractivity contribution in [2.75, 3.05) is 6.67 Å². The molecule has 0 aliphatic heterocycles. The lowest BCUT2D eigenvalue weighted by Crippen LogP contribution is -2.33. The molecule has 0 amide bonds. The number of Topliss-reactive ketones (excluding diaryl/α,β-unsaturated/α-hetero) is 1. The summed E-state index contributed by atoms with van der Waals surface area (Å²) in [7, 11) is 0. The Balaban J connectivity index is 4.08. The molecule has 0 fully saturated rings. The highest BCUT2D eigenvalue weighted by Gasteiger charge is 2.22. The molecular formula is C9H16FNO3. The van der Waals surface area contributed by atoms with Gasteiger partial charge in [0.2, 0.25) is 0 Å². The summed E-state index contributed by atoms with van der Waals surface area (Å²) in [4.78, 5) is 21.5. The Hall–Kier alpha value is -0.970. The van der Waals surface area contributed by atoms with Crippen LogP contribution in [0.1, 0.15) is 26.2 Å². The number of nitrogens with two attached hydrogens (primary N) is 1. The first-order valence-electron chi connectivity index (χ1n) is 4.53. The molecule has 14 heavy (non-hydrogen) atoms. The predicted molar refractivity (Wildman–Crippen MR) is 49.6 cm³/mol. The van der Waals surface area contributed by atoms with Crippen LogP contribution in [0.4, 0.5) is 4.39 Å². The molecule has 0 spiro atoms. The number of alkyl halides is 1. The summed E-state index contributed by atoms with van der Waals surface area (Å²) in [6, 6.07) is -0.754. The van der Waals surface area contributed by atoms with Crippen LogP contribution in [0.5, 0.6) is 0 Å². The lowest BCUT2D eigenvalue weighted by atomic mass is 9.94. The Morgan fingerprint density at radius 1 is 1.50 bits per heavy atom. The van der Waals surface area contributed by atoms with Gasteiger partial charge in [0.15, 0.2) is 0 Å². The van der Waals surface area contributed by atoms with Crippen molar-refractivity contribution in [3.8, 4) is 0 Å². The molecule has 3 N–H and O–H groups in total. The molecule has 0 rings (SSSR count). The standard InChI is InChI=1S/C9H16FNO3/c1-6(12)8(11)5-7(9(13)14)3-2-4-10/h7-8H,2-5,11H2,1H3,(H,13,14)/t7-,8-/m0/s1/i10-1. The molecule has 0 saturated heterocycles. The molecule has 0 unspecified atom stereocenters. The van der Waals surface area contributed by atoms with E-state index in [-0.39, 0.29) is 25.0 Å². The van der Waals surface area contributed by atoms with Gasteiger partial charge in [-0.25, -0.2) is 0 Å². The van der Waals surface area contributed by atoms with Crippen molar-refractivity contribution in [3.05, 3.63) is 0 Å². The van der Waals surface area contributed by atoms with E-state index in [0.29, 0.717) is 0 Å². The van der Waals surface area contributed by atoms with Gasteiger partial charge in [0.1, 0.15) is 5.78 Å². The van der Waals surface area contributed by atoms with Gasteiger partial charge in [-0.15, -0.1) is 0 Å². The van der Waals surface area contributed by atoms with E-state index in [1.54, 1.807) is 0 Å². The quantitative estimate of drug-likeness (QED) is 0.641. The molecule has 0 aliphatic rings. The highest BCUT2D eigenvalue weighted by Crippen LogP contribution is 2.14. The second-order valence-electron chi connectivity index (χ2n) is 3.32. The molecule has 0 aromatic rings. The molecule has 0 bridgehead atoms. The maximum atomic E-state index is 11.8. The number of ketones is 1. The smallest absolute Gasteiger partial charge is 0.306 e. The maximum Gasteiger partial charge on any atom is 0.306 e. The number of carbonyl (C=O) groups excluding carboxylic acids is 1. The monoisotopic (exact) mass is 204 g/mol. The van der Waals surface area contributed by atoms with Gasteiger partial charge in [0, 0.05) is 0 Å². The van der Waals surface area contributed by atoms with E-state index in [9.17, 15) is 14.0 Å². The largest absolute Gasteiger partial charge is 0.481 e. The second kappa shape index (κ2) is 6.48. The lowest BCUT2D eigenvalue weighted by Gasteiger charge is -2.14. The Labute approximate surface area is 82.3 Å². The highest BCUT2D eigenvalue weighted by atomic mass is 18.2. The average molecular weight is 204 g/mol. The molecule has 82 valence electrons. The number of rotatable bonds is 7. The van der Waals surface area contributed by atoms with E-state index in [2.05, 4.69) is 0 Å². The van der Waals surface area contributed by atoms with E-state index < -0.39 is 24.6 Å². The second-order valence-corrected chi connectivity index (χ2v) is 3.32. The number of carboxylic acids is 1. The first kappa shape index (κ1) is 13.0. The Bertz CT molecular complexity index is 208. The van der Waals surface area contributed by atoms with Gasteiger partial charge >= 0.3 is 5.97 Å². The van der Waals surface area contributed by atoms with Crippen molar-refractivity contribution in [3.63, 3.8) is 0 Å². The number of carbonyl (C=O) groups is 2. The third kappa shape index (κ3) is 4.91. The molecule has 0 heterocycles. The van der Waals surface area contributed by atoms with Crippen molar-refractivity contribution in [2.45, 2.75) is 32.2 Å². The summed E-state index contributed by atoms with van der Waals surface area (Å²) in [5.41, 5.74) is 5.42. The number of carboxylic acid groups (broad SMARTS) is 1. The third-order valence-corrected chi connectivity index (χ3v) is 2.10. The molecule has 0 radical (unpaired) electrons. The fourth-order valence-electron chi connectivity index (χ4n) is 1.14. The minimum Gasteiger partial charge on any atom is -0.481 e. The van der Waals surface area contributed by atoms with E-state index in [4.69, 9.17) is 10.8 Å². The average Bonchev–Trinajstić information content (AvgIpc) is 2.10. The summed E-state index contributed by atoms with van der Waals surface area (Å²) < 4.78 is 11.8. The summed E-state index contributed by atoms with van der Waals surface area (Å²) in [6.45, 7) is 0.776. The van der Waals surface area contributed by atoms with Crippen LogP contribution in [0.25, 0.3) is 0 Å². The zero-order valence-electron chi connectivity index (χ0n) is 8.20. The summed E-state index contributed by atoms with van der Waals surface area (Å²) in [6.07, 6.45) is 0.513. The lowest BCUT2D eigenvalue weighted by molar-refractivity contribution is -0.142. The minimum absolute atomic E-state index is 0.0880. The number of aliphatic carboxylic acids is 1. The van der Waals surface area contributed by atoms with Crippen LogP contribution >= 0.6 is 0 Å². The summed E-state index contributed by atoms with van der Waals surface area (Å²) in [5.74, 6) is -1.98. The number of hydrogen-bond donors (Lipinski definition) is 2. The molecule has 0 aromatic carbocycles. The van der Waals surface area contributed by atoms with Crippen molar-refractivity contribution in [2.24, 2.45) is 11.7 Å². The third-order valence-electron chi connectivity index (χ3n) is 2.10. The number of hydrogen-bond acceptors (Lipinski definition) is 3. The summed E-state index contributed by atoms with van der Waals surface area (Å²) in [5, 5.41) is 8.74. The normalized spacial score (nSPS) is 14.8. The van der Waals surface area contributed by atoms with Crippen LogP contribution in [0, 0.1) is 5.92 Å². The topological polar surface area (TPSA) is 80.4 Å². The molecule has 4 nitrogen and oxygen atoms in total. The molecule has 2 atom stereocenters. The Kier molecular flexibility index (Phi) is 6.03. The first-order chi connectivity index (χ1) is 6.49. The van der Waals surface area contributed by atoms with E-state index in [1.165, 1.54) is 6.92 Å². The molecule has 0 saturated carbocycles. The molecule has 0 aliphatic carbocycles. The van der Waals surface area contributed by atoms with Gasteiger partial charge in [-0.3, -0.25) is 14.0 Å². The molecule has 0 aromatic heterocycles. The van der Waals surface area contributed by atoms with E-state index in [0.717, 1.165) is 0 Å². The summed E-state index contributed by atoms with van der Waals surface area (Å²) >= 11 is 0. The molecular weight excluding hydrogens is 188 g/mol. The van der Waals surface area contributed by atoms with Gasteiger partial charge in [-0.2, -0.15) is 0 Å². The van der Waals surface area contributed by atoms with Gasteiger partial charge in [0.05, 0.1) is 18.6 Å². The molecule has 5 heteroatoms. The van der Waals surface area contributed by atoms with E-state index in [1.807, 2.05) is 0 Å². The van der Waals surface area contributed by atoms with Crippen LogP contribution in [-0.4, -0.2) is 29.6 Å². The van der Waals surface area contributed by atoms with Crippen molar-refractivity contribution < 1.29 is 19.1 Å². The maximum absolute atomic E-state index is 11.8. The Morgan fingerprint density at radius 3 is 2.43 bits per heavy atom. The predicted octanol–water partition coefficient (Wildman–Crippen LogP) is 0.743. The van der Waals surface area contributed by atoms with Gasteiger partial charge < -0.3 is 10.8 Å². The van der Waals surface area contributed by atoms with Crippen molar-refractivity contribution in [1.29, 1.82) is 0 Å². The first-order valence-corrected chi connectivity index (χ1v) is 4.53. The zero-order chi connectivity index (χ0) is 11.1. The highest BCUT2D eigenvalue weighted by molar-refractivity contribution is 5.82. The zero-order valence-corrected chi connectivity index (χ0v) is 8.20. The van der Waals surface area contributed by atoms with Crippen LogP contribution in [0.15, 0.2) is 0 Å². The fourth-order valence-corrected chi connectivity index (χ4v) is 1.14. The van der Waals surface area contributed by atoms with Crippen LogP contribution in [-0.2, 0) is 9.59 Å². The minimum atomic E-state index is -1.02.